The van der Waals surface area contributed by atoms with Crippen LogP contribution in [0.5, 0.6) is 0 Å². The van der Waals surface area contributed by atoms with E-state index in [2.05, 4.69) is 4.98 Å². The van der Waals surface area contributed by atoms with Gasteiger partial charge in [0, 0.05) is 16.7 Å². The fraction of sp³-hybridized carbons (Fsp3) is 0.0769. The molecular formula is C13H9NO2S2. The minimum absolute atomic E-state index is 0.358. The van der Waals surface area contributed by atoms with E-state index in [1.54, 1.807) is 22.8 Å². The predicted octanol–water partition coefficient (Wildman–Crippen LogP) is 3.65. The van der Waals surface area contributed by atoms with Crippen LogP contribution < -0.4 is 0 Å². The first-order valence-corrected chi connectivity index (χ1v) is 7.07. The van der Waals surface area contributed by atoms with Gasteiger partial charge in [-0.25, -0.2) is 9.78 Å². The van der Waals surface area contributed by atoms with E-state index in [0.29, 0.717) is 12.0 Å². The van der Waals surface area contributed by atoms with E-state index in [9.17, 15) is 4.79 Å². The van der Waals surface area contributed by atoms with Crippen molar-refractivity contribution in [3.63, 3.8) is 0 Å². The molecule has 0 amide bonds. The zero-order valence-electron chi connectivity index (χ0n) is 9.29. The highest BCUT2D eigenvalue weighted by atomic mass is 32.1. The molecule has 0 aliphatic rings. The monoisotopic (exact) mass is 275 g/mol. The summed E-state index contributed by atoms with van der Waals surface area (Å²) < 4.78 is 1.17. The van der Waals surface area contributed by atoms with Gasteiger partial charge < -0.3 is 5.11 Å². The van der Waals surface area contributed by atoms with Gasteiger partial charge in [0.15, 0.2) is 0 Å². The molecule has 0 atom stereocenters. The highest BCUT2D eigenvalue weighted by molar-refractivity contribution is 7.18. The zero-order chi connectivity index (χ0) is 12.5. The molecule has 0 fully saturated rings. The number of benzene rings is 1. The van der Waals surface area contributed by atoms with Gasteiger partial charge in [-0.3, -0.25) is 0 Å². The summed E-state index contributed by atoms with van der Waals surface area (Å²) in [6.45, 7) is 0. The largest absolute Gasteiger partial charge is 0.478 e. The van der Waals surface area contributed by atoms with Gasteiger partial charge in [-0.1, -0.05) is 12.1 Å². The SMILES string of the molecule is O=C(O)c1csc(Cc2nc3ccccc3s2)c1. The Morgan fingerprint density at radius 3 is 2.89 bits per heavy atom. The average molecular weight is 275 g/mol. The zero-order valence-corrected chi connectivity index (χ0v) is 10.9. The van der Waals surface area contributed by atoms with Gasteiger partial charge in [-0.2, -0.15) is 0 Å². The van der Waals surface area contributed by atoms with Crippen LogP contribution in [-0.4, -0.2) is 16.1 Å². The maximum absolute atomic E-state index is 10.8. The van der Waals surface area contributed by atoms with Crippen LogP contribution in [0, 0.1) is 0 Å². The van der Waals surface area contributed by atoms with Crippen LogP contribution in [0.25, 0.3) is 10.2 Å². The third kappa shape index (κ3) is 2.14. The second-order valence-electron chi connectivity index (χ2n) is 3.86. The van der Waals surface area contributed by atoms with Gasteiger partial charge in [-0.15, -0.1) is 22.7 Å². The fourth-order valence-electron chi connectivity index (χ4n) is 1.73. The summed E-state index contributed by atoms with van der Waals surface area (Å²) in [5, 5.41) is 11.6. The molecule has 0 saturated carbocycles. The molecular weight excluding hydrogens is 266 g/mol. The summed E-state index contributed by atoms with van der Waals surface area (Å²) in [6, 6.07) is 9.73. The van der Waals surface area contributed by atoms with Crippen molar-refractivity contribution < 1.29 is 9.90 Å². The average Bonchev–Trinajstić information content (AvgIpc) is 2.94. The normalized spacial score (nSPS) is 10.9. The Bertz CT molecular complexity index is 681. The summed E-state index contributed by atoms with van der Waals surface area (Å²) in [4.78, 5) is 16.4. The summed E-state index contributed by atoms with van der Waals surface area (Å²) in [7, 11) is 0. The van der Waals surface area contributed by atoms with Crippen LogP contribution in [0.15, 0.2) is 35.7 Å². The third-order valence-electron chi connectivity index (χ3n) is 2.56. The molecule has 3 aromatic rings. The quantitative estimate of drug-likeness (QED) is 0.793. The number of thiazole rings is 1. The smallest absolute Gasteiger partial charge is 0.336 e. The van der Waals surface area contributed by atoms with Gasteiger partial charge in [0.25, 0.3) is 0 Å². The van der Waals surface area contributed by atoms with Crippen LogP contribution in [-0.2, 0) is 6.42 Å². The molecule has 0 spiro atoms. The molecule has 0 radical (unpaired) electrons. The van der Waals surface area contributed by atoms with E-state index in [1.807, 2.05) is 24.3 Å². The molecule has 1 N–H and O–H groups in total. The molecule has 0 aliphatic carbocycles. The number of para-hydroxylation sites is 1. The van der Waals surface area contributed by atoms with Gasteiger partial charge in [0.05, 0.1) is 20.8 Å². The molecule has 18 heavy (non-hydrogen) atoms. The number of fused-ring (bicyclic) bond motifs is 1. The topological polar surface area (TPSA) is 50.2 Å². The first kappa shape index (κ1) is 11.4. The van der Waals surface area contributed by atoms with Crippen LogP contribution in [0.4, 0.5) is 0 Å². The van der Waals surface area contributed by atoms with Crippen molar-refractivity contribution >= 4 is 38.9 Å². The molecule has 0 aliphatic heterocycles. The Balaban J connectivity index is 1.88. The van der Waals surface area contributed by atoms with E-state index < -0.39 is 5.97 Å². The second-order valence-corrected chi connectivity index (χ2v) is 5.97. The number of hydrogen-bond acceptors (Lipinski definition) is 4. The lowest BCUT2D eigenvalue weighted by atomic mass is 10.3. The molecule has 1 aromatic carbocycles. The molecule has 3 rings (SSSR count). The number of carboxylic acids is 1. The summed E-state index contributed by atoms with van der Waals surface area (Å²) in [5.41, 5.74) is 1.36. The molecule has 0 unspecified atom stereocenters. The van der Waals surface area contributed by atoms with E-state index in [0.717, 1.165) is 15.4 Å². The lowest BCUT2D eigenvalue weighted by Crippen LogP contribution is -1.92. The maximum Gasteiger partial charge on any atom is 0.336 e. The van der Waals surface area contributed by atoms with Crippen LogP contribution in [0.3, 0.4) is 0 Å². The first-order chi connectivity index (χ1) is 8.72. The van der Waals surface area contributed by atoms with Crippen LogP contribution in [0.2, 0.25) is 0 Å². The van der Waals surface area contributed by atoms with E-state index in [1.165, 1.54) is 16.0 Å². The van der Waals surface area contributed by atoms with Crippen molar-refractivity contribution in [1.82, 2.24) is 4.98 Å². The van der Waals surface area contributed by atoms with E-state index in [4.69, 9.17) is 5.11 Å². The van der Waals surface area contributed by atoms with Crippen molar-refractivity contribution in [2.24, 2.45) is 0 Å². The van der Waals surface area contributed by atoms with Crippen LogP contribution >= 0.6 is 22.7 Å². The molecule has 0 saturated heterocycles. The highest BCUT2D eigenvalue weighted by Crippen LogP contribution is 2.25. The minimum atomic E-state index is -0.873. The summed E-state index contributed by atoms with van der Waals surface area (Å²) in [5.74, 6) is -0.873. The third-order valence-corrected chi connectivity index (χ3v) is 4.54. The van der Waals surface area contributed by atoms with Crippen molar-refractivity contribution in [1.29, 1.82) is 0 Å². The van der Waals surface area contributed by atoms with E-state index >= 15 is 0 Å². The number of carboxylic acid groups (broad SMARTS) is 1. The molecule has 2 heterocycles. The summed E-state index contributed by atoms with van der Waals surface area (Å²) in [6.07, 6.45) is 0.706. The van der Waals surface area contributed by atoms with Gasteiger partial charge in [0.1, 0.15) is 0 Å². The Labute approximate surface area is 111 Å². The number of aromatic nitrogens is 1. The predicted molar refractivity (Wildman–Crippen MR) is 73.7 cm³/mol. The van der Waals surface area contributed by atoms with Crippen molar-refractivity contribution in [3.8, 4) is 0 Å². The Hall–Kier alpha value is -1.72. The van der Waals surface area contributed by atoms with E-state index in [-0.39, 0.29) is 0 Å². The van der Waals surface area contributed by atoms with Crippen molar-refractivity contribution in [2.75, 3.05) is 0 Å². The lowest BCUT2D eigenvalue weighted by Gasteiger charge is -1.90. The van der Waals surface area contributed by atoms with Crippen molar-refractivity contribution in [2.45, 2.75) is 6.42 Å². The molecule has 2 aromatic heterocycles. The molecule has 5 heteroatoms. The van der Waals surface area contributed by atoms with Gasteiger partial charge >= 0.3 is 5.97 Å². The molecule has 0 bridgehead atoms. The number of thiophene rings is 1. The maximum atomic E-state index is 10.8. The minimum Gasteiger partial charge on any atom is -0.478 e. The number of carbonyl (C=O) groups is 1. The Morgan fingerprint density at radius 2 is 2.17 bits per heavy atom. The molecule has 3 nitrogen and oxygen atoms in total. The van der Waals surface area contributed by atoms with Crippen LogP contribution in [0.1, 0.15) is 20.2 Å². The number of rotatable bonds is 3. The molecule has 90 valence electrons. The Kier molecular flexibility index (Phi) is 2.85. The first-order valence-electron chi connectivity index (χ1n) is 5.37. The second kappa shape index (κ2) is 4.51. The highest BCUT2D eigenvalue weighted by Gasteiger charge is 2.09. The number of hydrogen-bond donors (Lipinski definition) is 1. The number of aromatic carboxylic acids is 1. The van der Waals surface area contributed by atoms with Gasteiger partial charge in [-0.05, 0) is 18.2 Å². The lowest BCUT2D eigenvalue weighted by molar-refractivity contribution is 0.0697. The fourth-order valence-corrected chi connectivity index (χ4v) is 3.67. The van der Waals surface area contributed by atoms with Gasteiger partial charge in [0.2, 0.25) is 0 Å². The Morgan fingerprint density at radius 1 is 1.33 bits per heavy atom. The summed E-state index contributed by atoms with van der Waals surface area (Å²) >= 11 is 3.13. The number of nitrogens with zero attached hydrogens (tertiary/aromatic N) is 1. The standard InChI is InChI=1S/C13H9NO2S2/c15-13(16)8-5-9(17-7-8)6-12-14-10-3-1-2-4-11(10)18-12/h1-5,7H,6H2,(H,15,16). The van der Waals surface area contributed by atoms with Crippen molar-refractivity contribution in [3.05, 3.63) is 51.2 Å².